The zero-order chi connectivity index (χ0) is 12.4. The average molecular weight is 226 g/mol. The Morgan fingerprint density at radius 3 is 2.53 bits per heavy atom. The standard InChI is InChI=1S/C15H18N2/c1-11-6-5-7-14(12(11)2)15-10-13(17(3)4)8-9-16-15/h5-10H,1-4H3. The van der Waals surface area contributed by atoms with E-state index in [1.165, 1.54) is 22.4 Å². The molecule has 0 spiro atoms. The molecule has 88 valence electrons. The van der Waals surface area contributed by atoms with Crippen LogP contribution in [0.2, 0.25) is 0 Å². The minimum atomic E-state index is 1.04. The molecular weight excluding hydrogens is 208 g/mol. The fraction of sp³-hybridized carbons (Fsp3) is 0.267. The second kappa shape index (κ2) is 4.58. The first-order valence-corrected chi connectivity index (χ1v) is 5.79. The summed E-state index contributed by atoms with van der Waals surface area (Å²) < 4.78 is 0. The van der Waals surface area contributed by atoms with Crippen LogP contribution in [0.25, 0.3) is 11.3 Å². The van der Waals surface area contributed by atoms with E-state index < -0.39 is 0 Å². The Bertz CT molecular complexity index is 530. The van der Waals surface area contributed by atoms with Crippen LogP contribution in [0.1, 0.15) is 11.1 Å². The van der Waals surface area contributed by atoms with E-state index >= 15 is 0 Å². The average Bonchev–Trinajstić information content (AvgIpc) is 2.33. The summed E-state index contributed by atoms with van der Waals surface area (Å²) in [5.74, 6) is 0. The maximum absolute atomic E-state index is 4.47. The second-order valence-electron chi connectivity index (χ2n) is 4.54. The first-order chi connectivity index (χ1) is 8.09. The van der Waals surface area contributed by atoms with E-state index in [4.69, 9.17) is 0 Å². The number of aryl methyl sites for hydroxylation is 1. The molecular formula is C15H18N2. The summed E-state index contributed by atoms with van der Waals surface area (Å²) in [7, 11) is 4.09. The molecule has 0 bridgehead atoms. The molecule has 1 aromatic heterocycles. The van der Waals surface area contributed by atoms with Crippen molar-refractivity contribution >= 4 is 5.69 Å². The molecule has 0 aliphatic heterocycles. The van der Waals surface area contributed by atoms with Gasteiger partial charge in [-0.05, 0) is 37.1 Å². The van der Waals surface area contributed by atoms with Gasteiger partial charge < -0.3 is 4.90 Å². The third-order valence-corrected chi connectivity index (χ3v) is 3.14. The molecule has 0 N–H and O–H groups in total. The number of aromatic nitrogens is 1. The fourth-order valence-corrected chi connectivity index (χ4v) is 1.87. The zero-order valence-corrected chi connectivity index (χ0v) is 10.9. The molecule has 0 saturated heterocycles. The van der Waals surface area contributed by atoms with E-state index in [2.05, 4.69) is 48.0 Å². The van der Waals surface area contributed by atoms with Crippen LogP contribution in [0.15, 0.2) is 36.5 Å². The molecule has 2 rings (SSSR count). The van der Waals surface area contributed by atoms with Crippen LogP contribution in [-0.2, 0) is 0 Å². The number of benzene rings is 1. The van der Waals surface area contributed by atoms with Gasteiger partial charge in [-0.2, -0.15) is 0 Å². The molecule has 0 radical (unpaired) electrons. The number of nitrogens with zero attached hydrogens (tertiary/aromatic N) is 2. The normalized spacial score (nSPS) is 10.4. The van der Waals surface area contributed by atoms with Gasteiger partial charge in [0.1, 0.15) is 0 Å². The predicted octanol–water partition coefficient (Wildman–Crippen LogP) is 3.43. The van der Waals surface area contributed by atoms with Gasteiger partial charge in [-0.3, -0.25) is 4.98 Å². The maximum atomic E-state index is 4.47. The summed E-state index contributed by atoms with van der Waals surface area (Å²) in [5, 5.41) is 0. The SMILES string of the molecule is Cc1cccc(-c2cc(N(C)C)ccn2)c1C. The molecule has 0 amide bonds. The second-order valence-corrected chi connectivity index (χ2v) is 4.54. The quantitative estimate of drug-likeness (QED) is 0.780. The van der Waals surface area contributed by atoms with E-state index in [1.807, 2.05) is 26.4 Å². The van der Waals surface area contributed by atoms with Gasteiger partial charge in [0, 0.05) is 31.5 Å². The molecule has 0 atom stereocenters. The van der Waals surface area contributed by atoms with Gasteiger partial charge in [0.25, 0.3) is 0 Å². The minimum absolute atomic E-state index is 1.04. The number of rotatable bonds is 2. The van der Waals surface area contributed by atoms with Gasteiger partial charge in [-0.15, -0.1) is 0 Å². The lowest BCUT2D eigenvalue weighted by Gasteiger charge is -2.14. The van der Waals surface area contributed by atoms with Gasteiger partial charge in [0.2, 0.25) is 0 Å². The predicted molar refractivity (Wildman–Crippen MR) is 73.5 cm³/mol. The van der Waals surface area contributed by atoms with Crippen LogP contribution in [0.3, 0.4) is 0 Å². The molecule has 0 aliphatic carbocycles. The Morgan fingerprint density at radius 1 is 1.06 bits per heavy atom. The largest absolute Gasteiger partial charge is 0.378 e. The first kappa shape index (κ1) is 11.6. The summed E-state index contributed by atoms with van der Waals surface area (Å²) in [6.45, 7) is 4.28. The first-order valence-electron chi connectivity index (χ1n) is 5.79. The van der Waals surface area contributed by atoms with Crippen molar-refractivity contribution in [1.82, 2.24) is 4.98 Å². The molecule has 0 saturated carbocycles. The Kier molecular flexibility index (Phi) is 3.14. The van der Waals surface area contributed by atoms with Crippen LogP contribution < -0.4 is 4.90 Å². The number of pyridine rings is 1. The highest BCUT2D eigenvalue weighted by molar-refractivity contribution is 5.68. The summed E-state index contributed by atoms with van der Waals surface area (Å²) in [6, 6.07) is 10.5. The zero-order valence-electron chi connectivity index (χ0n) is 10.9. The Balaban J connectivity index is 2.53. The third kappa shape index (κ3) is 2.31. The van der Waals surface area contributed by atoms with Crippen LogP contribution in [0.4, 0.5) is 5.69 Å². The summed E-state index contributed by atoms with van der Waals surface area (Å²) in [4.78, 5) is 6.56. The lowest BCUT2D eigenvalue weighted by molar-refractivity contribution is 1.12. The van der Waals surface area contributed by atoms with E-state index in [1.54, 1.807) is 0 Å². The van der Waals surface area contributed by atoms with Crippen LogP contribution in [0.5, 0.6) is 0 Å². The Hall–Kier alpha value is -1.83. The lowest BCUT2D eigenvalue weighted by Crippen LogP contribution is -2.08. The summed E-state index contributed by atoms with van der Waals surface area (Å²) in [6.07, 6.45) is 1.87. The molecule has 2 aromatic rings. The van der Waals surface area contributed by atoms with E-state index in [9.17, 15) is 0 Å². The molecule has 0 unspecified atom stereocenters. The monoisotopic (exact) mass is 226 g/mol. The fourth-order valence-electron chi connectivity index (χ4n) is 1.87. The van der Waals surface area contributed by atoms with Crippen molar-refractivity contribution in [1.29, 1.82) is 0 Å². The number of anilines is 1. The maximum Gasteiger partial charge on any atom is 0.0725 e. The highest BCUT2D eigenvalue weighted by atomic mass is 15.1. The van der Waals surface area contributed by atoms with E-state index in [-0.39, 0.29) is 0 Å². The van der Waals surface area contributed by atoms with Gasteiger partial charge in [0.05, 0.1) is 5.69 Å². The Labute approximate surface area is 103 Å². The van der Waals surface area contributed by atoms with Crippen molar-refractivity contribution in [2.45, 2.75) is 13.8 Å². The van der Waals surface area contributed by atoms with Crippen molar-refractivity contribution in [3.05, 3.63) is 47.7 Å². The molecule has 2 heteroatoms. The topological polar surface area (TPSA) is 16.1 Å². The van der Waals surface area contributed by atoms with Gasteiger partial charge in [-0.25, -0.2) is 0 Å². The van der Waals surface area contributed by atoms with Crippen LogP contribution in [0, 0.1) is 13.8 Å². The number of hydrogen-bond acceptors (Lipinski definition) is 2. The summed E-state index contributed by atoms with van der Waals surface area (Å²) in [5.41, 5.74) is 6.04. The molecule has 1 heterocycles. The molecule has 17 heavy (non-hydrogen) atoms. The Morgan fingerprint density at radius 2 is 1.82 bits per heavy atom. The highest BCUT2D eigenvalue weighted by Crippen LogP contribution is 2.26. The van der Waals surface area contributed by atoms with E-state index in [0.29, 0.717) is 0 Å². The summed E-state index contributed by atoms with van der Waals surface area (Å²) >= 11 is 0. The minimum Gasteiger partial charge on any atom is -0.378 e. The number of hydrogen-bond donors (Lipinski definition) is 0. The van der Waals surface area contributed by atoms with E-state index in [0.717, 1.165) is 5.69 Å². The van der Waals surface area contributed by atoms with Gasteiger partial charge >= 0.3 is 0 Å². The van der Waals surface area contributed by atoms with Gasteiger partial charge in [0.15, 0.2) is 0 Å². The van der Waals surface area contributed by atoms with Gasteiger partial charge in [-0.1, -0.05) is 18.2 Å². The lowest BCUT2D eigenvalue weighted by atomic mass is 10.0. The van der Waals surface area contributed by atoms with Crippen molar-refractivity contribution in [2.75, 3.05) is 19.0 Å². The van der Waals surface area contributed by atoms with Crippen molar-refractivity contribution in [3.63, 3.8) is 0 Å². The third-order valence-electron chi connectivity index (χ3n) is 3.14. The molecule has 0 fully saturated rings. The van der Waals surface area contributed by atoms with Crippen LogP contribution in [-0.4, -0.2) is 19.1 Å². The van der Waals surface area contributed by atoms with Crippen molar-refractivity contribution < 1.29 is 0 Å². The van der Waals surface area contributed by atoms with Crippen molar-refractivity contribution in [2.24, 2.45) is 0 Å². The highest BCUT2D eigenvalue weighted by Gasteiger charge is 2.06. The van der Waals surface area contributed by atoms with Crippen molar-refractivity contribution in [3.8, 4) is 11.3 Å². The molecule has 0 aliphatic rings. The molecule has 1 aromatic carbocycles. The van der Waals surface area contributed by atoms with Crippen LogP contribution >= 0.6 is 0 Å². The molecule has 2 nitrogen and oxygen atoms in total. The smallest absolute Gasteiger partial charge is 0.0725 e.